The van der Waals surface area contributed by atoms with Gasteiger partial charge in [0.2, 0.25) is 0 Å². The summed E-state index contributed by atoms with van der Waals surface area (Å²) in [5.41, 5.74) is 0.703. The van der Waals surface area contributed by atoms with Gasteiger partial charge in [-0.05, 0) is 48.7 Å². The second-order valence-electron chi connectivity index (χ2n) is 7.36. The number of aliphatic carboxylic acids is 1. The van der Waals surface area contributed by atoms with Gasteiger partial charge in [-0.1, -0.05) is 0 Å². The Morgan fingerprint density at radius 1 is 1.03 bits per heavy atom. The second kappa shape index (κ2) is 7.16. The van der Waals surface area contributed by atoms with Gasteiger partial charge in [0.15, 0.2) is 0 Å². The summed E-state index contributed by atoms with van der Waals surface area (Å²) in [4.78, 5) is 49.4. The van der Waals surface area contributed by atoms with Crippen molar-refractivity contribution < 1.29 is 23.9 Å². The van der Waals surface area contributed by atoms with Crippen molar-refractivity contribution in [2.24, 2.45) is 5.92 Å². The zero-order valence-corrected chi connectivity index (χ0v) is 15.3. The average molecular weight is 399 g/mol. The molecule has 3 heterocycles. The van der Waals surface area contributed by atoms with Gasteiger partial charge in [0, 0.05) is 36.8 Å². The van der Waals surface area contributed by atoms with Crippen LogP contribution in [0.1, 0.15) is 28.4 Å². The number of aromatic nitrogens is 1. The van der Waals surface area contributed by atoms with E-state index in [1.165, 1.54) is 35.2 Å². The van der Waals surface area contributed by atoms with Crippen LogP contribution in [-0.4, -0.2) is 45.4 Å². The van der Waals surface area contributed by atoms with Gasteiger partial charge in [0.05, 0.1) is 0 Å². The molecule has 1 fully saturated rings. The number of amides is 2. The molecule has 9 heteroatoms. The van der Waals surface area contributed by atoms with Crippen molar-refractivity contribution in [2.75, 3.05) is 18.4 Å². The summed E-state index contributed by atoms with van der Waals surface area (Å²) in [6.45, 7) is 0.858. The van der Waals surface area contributed by atoms with Crippen LogP contribution in [0, 0.1) is 11.7 Å². The molecular weight excluding hydrogens is 381 g/mol. The van der Waals surface area contributed by atoms with Crippen molar-refractivity contribution in [3.8, 4) is 0 Å². The van der Waals surface area contributed by atoms with E-state index in [-0.39, 0.29) is 41.7 Å². The first kappa shape index (κ1) is 18.9. The number of hydrogen-bond acceptors (Lipinski definition) is 4. The molecule has 0 saturated carbocycles. The monoisotopic (exact) mass is 399 g/mol. The Labute approximate surface area is 164 Å². The van der Waals surface area contributed by atoms with Gasteiger partial charge < -0.3 is 19.9 Å². The third-order valence-electron chi connectivity index (χ3n) is 5.43. The minimum atomic E-state index is -1.48. The number of piperidine rings is 1. The quantitative estimate of drug-likeness (QED) is 0.740. The number of carboxylic acids is 1. The number of pyridine rings is 1. The van der Waals surface area contributed by atoms with Gasteiger partial charge in [0.1, 0.15) is 11.5 Å². The first-order valence-electron chi connectivity index (χ1n) is 9.16. The Morgan fingerprint density at radius 2 is 1.76 bits per heavy atom. The molecule has 2 N–H and O–H groups in total. The normalized spacial score (nSPS) is 20.0. The maximum absolute atomic E-state index is 13.0. The van der Waals surface area contributed by atoms with E-state index in [0.717, 1.165) is 6.42 Å². The van der Waals surface area contributed by atoms with Crippen molar-refractivity contribution >= 4 is 23.5 Å². The van der Waals surface area contributed by atoms with Crippen LogP contribution in [-0.2, 0) is 16.1 Å². The van der Waals surface area contributed by atoms with E-state index >= 15 is 0 Å². The van der Waals surface area contributed by atoms with Crippen molar-refractivity contribution in [2.45, 2.75) is 18.9 Å². The molecule has 2 aliphatic rings. The molecular formula is C20H18FN3O5. The Morgan fingerprint density at radius 3 is 2.45 bits per heavy atom. The number of fused-ring (bicyclic) bond motifs is 4. The molecule has 1 saturated heterocycles. The number of hydrogen-bond donors (Lipinski definition) is 2. The zero-order valence-electron chi connectivity index (χ0n) is 15.3. The fourth-order valence-electron chi connectivity index (χ4n) is 4.14. The molecule has 0 radical (unpaired) electrons. The number of nitrogens with zero attached hydrogens (tertiary/aromatic N) is 2. The van der Waals surface area contributed by atoms with Crippen molar-refractivity contribution in [3.05, 3.63) is 63.8 Å². The van der Waals surface area contributed by atoms with E-state index in [1.807, 2.05) is 0 Å². The average Bonchev–Trinajstić information content (AvgIpc) is 2.70. The van der Waals surface area contributed by atoms with Gasteiger partial charge >= 0.3 is 11.9 Å². The Balaban J connectivity index is 1.58. The third-order valence-corrected chi connectivity index (χ3v) is 5.43. The minimum Gasteiger partial charge on any atom is -0.474 e. The van der Waals surface area contributed by atoms with Crippen molar-refractivity contribution in [1.29, 1.82) is 0 Å². The highest BCUT2D eigenvalue weighted by Crippen LogP contribution is 2.35. The van der Waals surface area contributed by atoms with E-state index in [0.29, 0.717) is 12.2 Å². The molecule has 2 atom stereocenters. The van der Waals surface area contributed by atoms with Crippen LogP contribution < -0.4 is 10.9 Å². The van der Waals surface area contributed by atoms with Crippen LogP contribution in [0.4, 0.5) is 10.1 Å². The molecule has 0 spiro atoms. The van der Waals surface area contributed by atoms with E-state index in [9.17, 15) is 23.6 Å². The molecule has 2 amide bonds. The number of carbonyl (C=O) groups is 3. The van der Waals surface area contributed by atoms with Gasteiger partial charge in [-0.25, -0.2) is 9.18 Å². The van der Waals surface area contributed by atoms with E-state index in [4.69, 9.17) is 5.11 Å². The van der Waals surface area contributed by atoms with Crippen molar-refractivity contribution in [3.63, 3.8) is 0 Å². The summed E-state index contributed by atoms with van der Waals surface area (Å²) in [5, 5.41) is 11.5. The molecule has 2 aromatic rings. The van der Waals surface area contributed by atoms with Crippen LogP contribution in [0.5, 0.6) is 0 Å². The number of halogens is 1. The maximum Gasteiger partial charge on any atom is 0.394 e. The molecule has 0 unspecified atom stereocenters. The van der Waals surface area contributed by atoms with Gasteiger partial charge in [-0.2, -0.15) is 0 Å². The molecule has 2 bridgehead atoms. The number of anilines is 1. The van der Waals surface area contributed by atoms with E-state index < -0.39 is 23.6 Å². The van der Waals surface area contributed by atoms with Crippen LogP contribution >= 0.6 is 0 Å². The summed E-state index contributed by atoms with van der Waals surface area (Å²) in [6, 6.07) is 8.23. The Kier molecular flexibility index (Phi) is 4.65. The number of rotatable bonds is 2. The number of carbonyl (C=O) groups excluding carboxylic acids is 2. The van der Waals surface area contributed by atoms with Crippen LogP contribution in [0.25, 0.3) is 0 Å². The molecule has 29 heavy (non-hydrogen) atoms. The van der Waals surface area contributed by atoms with Crippen molar-refractivity contribution in [1.82, 2.24) is 9.47 Å². The lowest BCUT2D eigenvalue weighted by Gasteiger charge is -2.42. The van der Waals surface area contributed by atoms with Crippen LogP contribution in [0.2, 0.25) is 0 Å². The van der Waals surface area contributed by atoms with Gasteiger partial charge in [-0.3, -0.25) is 14.4 Å². The SMILES string of the molecule is O=C(O)C(=O)N1C[C@@H]2C[C@H](C1)c1ccc(NC(=O)c3ccc(F)cc3)c(=O)n1C2. The van der Waals surface area contributed by atoms with Crippen LogP contribution in [0.3, 0.4) is 0 Å². The topological polar surface area (TPSA) is 109 Å². The molecule has 0 aliphatic carbocycles. The third kappa shape index (κ3) is 3.51. The smallest absolute Gasteiger partial charge is 0.394 e. The number of benzene rings is 1. The molecule has 2 aliphatic heterocycles. The Bertz CT molecular complexity index is 1060. The maximum atomic E-state index is 13.0. The van der Waals surface area contributed by atoms with E-state index in [2.05, 4.69) is 5.32 Å². The lowest BCUT2D eigenvalue weighted by Crippen LogP contribution is -2.51. The number of nitrogens with one attached hydrogen (secondary N) is 1. The molecule has 1 aromatic heterocycles. The zero-order chi connectivity index (χ0) is 20.7. The predicted molar refractivity (Wildman–Crippen MR) is 100 cm³/mol. The fourth-order valence-corrected chi connectivity index (χ4v) is 4.14. The largest absolute Gasteiger partial charge is 0.474 e. The first-order valence-corrected chi connectivity index (χ1v) is 9.16. The molecule has 4 rings (SSSR count). The first-order chi connectivity index (χ1) is 13.8. The van der Waals surface area contributed by atoms with E-state index in [1.54, 1.807) is 10.6 Å². The molecule has 150 valence electrons. The lowest BCUT2D eigenvalue weighted by atomic mass is 9.83. The molecule has 8 nitrogen and oxygen atoms in total. The summed E-state index contributed by atoms with van der Waals surface area (Å²) >= 11 is 0. The molecule has 1 aromatic carbocycles. The highest BCUT2D eigenvalue weighted by molar-refractivity contribution is 6.31. The summed E-state index contributed by atoms with van der Waals surface area (Å²) in [6.07, 6.45) is 0.768. The summed E-state index contributed by atoms with van der Waals surface area (Å²) in [5.74, 6) is -3.57. The summed E-state index contributed by atoms with van der Waals surface area (Å²) < 4.78 is 14.6. The van der Waals surface area contributed by atoms with Gasteiger partial charge in [0.25, 0.3) is 11.5 Å². The minimum absolute atomic E-state index is 0.0368. The lowest BCUT2D eigenvalue weighted by molar-refractivity contribution is -0.157. The second-order valence-corrected chi connectivity index (χ2v) is 7.36. The highest BCUT2D eigenvalue weighted by atomic mass is 19.1. The van der Waals surface area contributed by atoms with Gasteiger partial charge in [-0.15, -0.1) is 0 Å². The van der Waals surface area contributed by atoms with Crippen LogP contribution in [0.15, 0.2) is 41.2 Å². The predicted octanol–water partition coefficient (Wildman–Crippen LogP) is 1.27. The Hall–Kier alpha value is -3.49. The number of likely N-dealkylation sites (tertiary alicyclic amines) is 1. The number of carboxylic acid groups (broad SMARTS) is 1. The highest BCUT2D eigenvalue weighted by Gasteiger charge is 2.38. The summed E-state index contributed by atoms with van der Waals surface area (Å²) in [7, 11) is 0. The standard InChI is InChI=1S/C20H18FN3O5/c21-14-3-1-12(2-4-14)17(25)22-15-5-6-16-13-7-11(9-24(16)18(15)26)8-23(10-13)19(27)20(28)29/h1-6,11,13H,7-10H2,(H,22,25)(H,28,29)/t11-,13+/m0/s1. The fraction of sp³-hybridized carbons (Fsp3) is 0.300.